The molecule has 0 saturated carbocycles. The predicted molar refractivity (Wildman–Crippen MR) is 93.4 cm³/mol. The molecule has 0 atom stereocenters. The summed E-state index contributed by atoms with van der Waals surface area (Å²) in [5, 5.41) is 4.93. The monoisotopic (exact) mass is 337 g/mol. The Morgan fingerprint density at radius 3 is 2.96 bits per heavy atom. The number of hydrogen-bond acceptors (Lipinski definition) is 5. The zero-order valence-corrected chi connectivity index (χ0v) is 13.7. The summed E-state index contributed by atoms with van der Waals surface area (Å²) in [6.07, 6.45) is 3.77. The highest BCUT2D eigenvalue weighted by Crippen LogP contribution is 2.30. The molecule has 6 heteroatoms. The van der Waals surface area contributed by atoms with E-state index in [2.05, 4.69) is 15.3 Å². The number of ether oxygens (including phenoxy) is 1. The topological polar surface area (TPSA) is 64.1 Å². The van der Waals surface area contributed by atoms with Crippen LogP contribution in [-0.2, 0) is 11.2 Å². The van der Waals surface area contributed by atoms with Gasteiger partial charge in [0.15, 0.2) is 0 Å². The van der Waals surface area contributed by atoms with E-state index in [0.717, 1.165) is 34.7 Å². The molecule has 0 aliphatic carbocycles. The van der Waals surface area contributed by atoms with Gasteiger partial charge in [0.05, 0.1) is 10.6 Å². The SMILES string of the molecule is O=C1CCCc2cc(Oc3cc(-c4cccs4)ncn3)ccc2N1. The van der Waals surface area contributed by atoms with Crippen LogP contribution >= 0.6 is 11.3 Å². The van der Waals surface area contributed by atoms with E-state index in [9.17, 15) is 4.79 Å². The minimum absolute atomic E-state index is 0.0683. The summed E-state index contributed by atoms with van der Waals surface area (Å²) >= 11 is 1.63. The van der Waals surface area contributed by atoms with Gasteiger partial charge in [-0.3, -0.25) is 4.79 Å². The molecule has 1 aromatic carbocycles. The van der Waals surface area contributed by atoms with Crippen LogP contribution in [0.4, 0.5) is 5.69 Å². The quantitative estimate of drug-likeness (QED) is 0.775. The molecular formula is C18H15N3O2S. The highest BCUT2D eigenvalue weighted by molar-refractivity contribution is 7.13. The molecule has 1 amide bonds. The van der Waals surface area contributed by atoms with E-state index in [1.54, 1.807) is 11.3 Å². The van der Waals surface area contributed by atoms with Crippen molar-refractivity contribution in [3.8, 4) is 22.2 Å². The number of nitrogens with one attached hydrogen (secondary N) is 1. The van der Waals surface area contributed by atoms with Crippen molar-refractivity contribution in [3.05, 3.63) is 53.7 Å². The first kappa shape index (κ1) is 14.8. The van der Waals surface area contributed by atoms with E-state index < -0.39 is 0 Å². The van der Waals surface area contributed by atoms with Gasteiger partial charge in [0.25, 0.3) is 0 Å². The Labute approximate surface area is 143 Å². The second-order valence-corrected chi connectivity index (χ2v) is 6.49. The van der Waals surface area contributed by atoms with Gasteiger partial charge < -0.3 is 10.1 Å². The number of carbonyl (C=O) groups excluding carboxylic acids is 1. The van der Waals surface area contributed by atoms with Gasteiger partial charge in [-0.05, 0) is 48.1 Å². The van der Waals surface area contributed by atoms with Crippen LogP contribution < -0.4 is 10.1 Å². The molecule has 3 aromatic rings. The minimum atomic E-state index is 0.0683. The van der Waals surface area contributed by atoms with Crippen molar-refractivity contribution in [3.63, 3.8) is 0 Å². The third-order valence-electron chi connectivity index (χ3n) is 3.84. The Morgan fingerprint density at radius 1 is 1.12 bits per heavy atom. The number of rotatable bonds is 3. The van der Waals surface area contributed by atoms with Gasteiger partial charge in [-0.15, -0.1) is 11.3 Å². The molecule has 3 heterocycles. The lowest BCUT2D eigenvalue weighted by atomic mass is 10.1. The molecule has 0 spiro atoms. The molecule has 1 aliphatic rings. The number of aromatic nitrogens is 2. The molecule has 5 nitrogen and oxygen atoms in total. The third kappa shape index (κ3) is 3.14. The van der Waals surface area contributed by atoms with Crippen molar-refractivity contribution in [2.24, 2.45) is 0 Å². The molecule has 1 N–H and O–H groups in total. The summed E-state index contributed by atoms with van der Waals surface area (Å²) in [5.74, 6) is 1.28. The van der Waals surface area contributed by atoms with E-state index in [4.69, 9.17) is 4.74 Å². The number of fused-ring (bicyclic) bond motifs is 1. The zero-order chi connectivity index (χ0) is 16.4. The lowest BCUT2D eigenvalue weighted by molar-refractivity contribution is -0.116. The van der Waals surface area contributed by atoms with Crippen molar-refractivity contribution in [2.45, 2.75) is 19.3 Å². The Balaban J connectivity index is 1.59. The molecule has 0 radical (unpaired) electrons. The zero-order valence-electron chi connectivity index (χ0n) is 12.9. The van der Waals surface area contributed by atoms with Crippen LogP contribution in [0, 0.1) is 0 Å². The van der Waals surface area contributed by atoms with Crippen LogP contribution in [0.3, 0.4) is 0 Å². The first-order valence-electron chi connectivity index (χ1n) is 7.74. The second kappa shape index (κ2) is 6.41. The minimum Gasteiger partial charge on any atom is -0.439 e. The summed E-state index contributed by atoms with van der Waals surface area (Å²) < 4.78 is 5.89. The van der Waals surface area contributed by atoms with Gasteiger partial charge in [0, 0.05) is 18.2 Å². The number of thiophene rings is 1. The molecular weight excluding hydrogens is 322 g/mol. The van der Waals surface area contributed by atoms with Gasteiger partial charge in [0.1, 0.15) is 12.1 Å². The van der Waals surface area contributed by atoms with Crippen molar-refractivity contribution in [1.29, 1.82) is 0 Å². The molecule has 0 unspecified atom stereocenters. The number of benzene rings is 1. The normalized spacial score (nSPS) is 13.8. The van der Waals surface area contributed by atoms with Crippen LogP contribution in [0.15, 0.2) is 48.1 Å². The number of nitrogens with zero attached hydrogens (tertiary/aromatic N) is 2. The van der Waals surface area contributed by atoms with E-state index in [-0.39, 0.29) is 5.91 Å². The summed E-state index contributed by atoms with van der Waals surface area (Å²) in [6, 6.07) is 11.5. The predicted octanol–water partition coefficient (Wildman–Crippen LogP) is 4.27. The second-order valence-electron chi connectivity index (χ2n) is 5.54. The van der Waals surface area contributed by atoms with Gasteiger partial charge in [-0.25, -0.2) is 9.97 Å². The number of hydrogen-bond donors (Lipinski definition) is 1. The van der Waals surface area contributed by atoms with Crippen LogP contribution in [-0.4, -0.2) is 15.9 Å². The lowest BCUT2D eigenvalue weighted by Gasteiger charge is -2.10. The first-order valence-corrected chi connectivity index (χ1v) is 8.62. The van der Waals surface area contributed by atoms with E-state index in [1.807, 2.05) is 41.8 Å². The van der Waals surface area contributed by atoms with Gasteiger partial charge in [-0.2, -0.15) is 0 Å². The average Bonchev–Trinajstić information content (AvgIpc) is 3.05. The summed E-state index contributed by atoms with van der Waals surface area (Å²) in [7, 11) is 0. The summed E-state index contributed by atoms with van der Waals surface area (Å²) in [4.78, 5) is 21.2. The molecule has 0 bridgehead atoms. The number of amides is 1. The Hall–Kier alpha value is -2.73. The van der Waals surface area contributed by atoms with Crippen LogP contribution in [0.2, 0.25) is 0 Å². The van der Waals surface area contributed by atoms with Crippen molar-refractivity contribution < 1.29 is 9.53 Å². The Bertz CT molecular complexity index is 878. The van der Waals surface area contributed by atoms with E-state index in [0.29, 0.717) is 18.1 Å². The smallest absolute Gasteiger partial charge is 0.224 e. The standard InChI is InChI=1S/C18H15N3O2S/c22-17-5-1-3-12-9-13(6-7-14(12)21-17)23-18-10-15(19-11-20-18)16-4-2-8-24-16/h2,4,6-11H,1,3,5H2,(H,21,22). The van der Waals surface area contributed by atoms with Crippen LogP contribution in [0.25, 0.3) is 10.6 Å². The molecule has 120 valence electrons. The number of aryl methyl sites for hydroxylation is 1. The fourth-order valence-corrected chi connectivity index (χ4v) is 3.38. The summed E-state index contributed by atoms with van der Waals surface area (Å²) in [6.45, 7) is 0. The van der Waals surface area contributed by atoms with Gasteiger partial charge >= 0.3 is 0 Å². The molecule has 0 fully saturated rings. The maximum atomic E-state index is 11.6. The van der Waals surface area contributed by atoms with Crippen LogP contribution in [0.1, 0.15) is 18.4 Å². The molecule has 2 aromatic heterocycles. The molecule has 1 aliphatic heterocycles. The Kier molecular flexibility index (Phi) is 3.96. The fourth-order valence-electron chi connectivity index (χ4n) is 2.69. The average molecular weight is 337 g/mol. The van der Waals surface area contributed by atoms with E-state index in [1.165, 1.54) is 6.33 Å². The highest BCUT2D eigenvalue weighted by atomic mass is 32.1. The van der Waals surface area contributed by atoms with E-state index >= 15 is 0 Å². The van der Waals surface area contributed by atoms with Crippen molar-refractivity contribution in [1.82, 2.24) is 9.97 Å². The van der Waals surface area contributed by atoms with Crippen molar-refractivity contribution in [2.75, 3.05) is 5.32 Å². The summed E-state index contributed by atoms with van der Waals surface area (Å²) in [5.41, 5.74) is 2.80. The Morgan fingerprint density at radius 2 is 2.08 bits per heavy atom. The first-order chi connectivity index (χ1) is 11.8. The molecule has 4 rings (SSSR count). The van der Waals surface area contributed by atoms with Crippen molar-refractivity contribution >= 4 is 22.9 Å². The fraction of sp³-hybridized carbons (Fsp3) is 0.167. The number of anilines is 1. The van der Waals surface area contributed by atoms with Gasteiger partial charge in [0.2, 0.25) is 11.8 Å². The van der Waals surface area contributed by atoms with Crippen LogP contribution in [0.5, 0.6) is 11.6 Å². The maximum Gasteiger partial charge on any atom is 0.224 e. The largest absolute Gasteiger partial charge is 0.439 e. The third-order valence-corrected chi connectivity index (χ3v) is 4.73. The lowest BCUT2D eigenvalue weighted by Crippen LogP contribution is -2.09. The highest BCUT2D eigenvalue weighted by Gasteiger charge is 2.14. The molecule has 0 saturated heterocycles. The number of carbonyl (C=O) groups is 1. The maximum absolute atomic E-state index is 11.6. The van der Waals surface area contributed by atoms with Gasteiger partial charge in [-0.1, -0.05) is 6.07 Å². The molecule has 24 heavy (non-hydrogen) atoms.